The Kier molecular flexibility index (Phi) is 4.60. The molecule has 0 unspecified atom stereocenters. The molecule has 28 heavy (non-hydrogen) atoms. The molecule has 0 saturated heterocycles. The van der Waals surface area contributed by atoms with Crippen molar-refractivity contribution < 1.29 is 0 Å². The molecule has 2 heterocycles. The number of thiocarbonyl (C=S) groups is 1. The molecule has 0 spiro atoms. The summed E-state index contributed by atoms with van der Waals surface area (Å²) in [5, 5.41) is 3.06. The van der Waals surface area contributed by atoms with E-state index in [-0.39, 0.29) is 28.0 Å². The highest BCUT2D eigenvalue weighted by molar-refractivity contribution is 7.81. The normalized spacial score (nSPS) is 15.4. The van der Waals surface area contributed by atoms with Crippen molar-refractivity contribution in [1.29, 1.82) is 0 Å². The predicted octanol–water partition coefficient (Wildman–Crippen LogP) is 3.53. The van der Waals surface area contributed by atoms with E-state index >= 15 is 0 Å². The van der Waals surface area contributed by atoms with Crippen LogP contribution in [0.15, 0.2) is 53.3 Å². The summed E-state index contributed by atoms with van der Waals surface area (Å²) in [5.41, 5.74) is 10.2. The summed E-state index contributed by atoms with van der Waals surface area (Å²) in [7, 11) is 0. The van der Waals surface area contributed by atoms with E-state index in [1.165, 1.54) is 5.56 Å². The number of fused-ring (bicyclic) bond motifs is 1. The quantitative estimate of drug-likeness (QED) is 0.592. The van der Waals surface area contributed by atoms with Gasteiger partial charge in [-0.25, -0.2) is 0 Å². The molecule has 0 bridgehead atoms. The van der Waals surface area contributed by atoms with Crippen molar-refractivity contribution in [2.75, 3.05) is 16.0 Å². The molecule has 1 atom stereocenters. The summed E-state index contributed by atoms with van der Waals surface area (Å²) in [6.45, 7) is 4.10. The molecule has 1 aromatic heterocycles. The largest absolute Gasteiger partial charge is 0.383 e. The molecule has 0 radical (unpaired) electrons. The van der Waals surface area contributed by atoms with Crippen molar-refractivity contribution in [2.24, 2.45) is 0 Å². The topological polar surface area (TPSA) is 87.0 Å². The predicted molar refractivity (Wildman–Crippen MR) is 118 cm³/mol. The molecule has 4 N–H and O–H groups in total. The highest BCUT2D eigenvalue weighted by Gasteiger charge is 2.29. The van der Waals surface area contributed by atoms with Crippen LogP contribution in [0.25, 0.3) is 0 Å². The number of rotatable bonds is 3. The van der Waals surface area contributed by atoms with Crippen LogP contribution in [0.2, 0.25) is 0 Å². The summed E-state index contributed by atoms with van der Waals surface area (Å²) in [6.07, 6.45) is 0.884. The smallest absolute Gasteiger partial charge is 0.264 e. The number of benzene rings is 2. The Morgan fingerprint density at radius 3 is 2.68 bits per heavy atom. The number of para-hydroxylation sites is 1. The van der Waals surface area contributed by atoms with E-state index in [1.807, 2.05) is 54.3 Å². The first-order valence-electron chi connectivity index (χ1n) is 9.09. The van der Waals surface area contributed by atoms with Crippen LogP contribution in [0.3, 0.4) is 0 Å². The second-order valence-corrected chi connectivity index (χ2v) is 7.43. The number of aromatic nitrogens is 2. The minimum Gasteiger partial charge on any atom is -0.383 e. The third-order valence-electron chi connectivity index (χ3n) is 4.91. The molecule has 0 aliphatic carbocycles. The Labute approximate surface area is 168 Å². The number of nitrogens with zero attached hydrogens (tertiary/aromatic N) is 2. The SMILES string of the molecule is Cc1ccc(NC(=S)c2c(N)nc(N3c4ccccc4C[C@H]3C)[nH]c2=O)cc1. The van der Waals surface area contributed by atoms with Crippen LogP contribution in [0.4, 0.5) is 23.1 Å². The zero-order valence-electron chi connectivity index (χ0n) is 15.7. The van der Waals surface area contributed by atoms with Crippen molar-refractivity contribution in [3.05, 3.63) is 75.6 Å². The zero-order valence-corrected chi connectivity index (χ0v) is 16.5. The number of nitrogens with one attached hydrogen (secondary N) is 2. The first kappa shape index (κ1) is 18.2. The second-order valence-electron chi connectivity index (χ2n) is 7.02. The van der Waals surface area contributed by atoms with Crippen molar-refractivity contribution in [3.63, 3.8) is 0 Å². The average Bonchev–Trinajstić information content (AvgIpc) is 2.98. The highest BCUT2D eigenvalue weighted by atomic mass is 32.1. The number of H-pyrrole nitrogens is 1. The van der Waals surface area contributed by atoms with Gasteiger partial charge in [-0.05, 0) is 44.0 Å². The van der Waals surface area contributed by atoms with E-state index in [1.54, 1.807) is 0 Å². The molecule has 3 aromatic rings. The third-order valence-corrected chi connectivity index (χ3v) is 5.21. The lowest BCUT2D eigenvalue weighted by atomic mass is 10.1. The third kappa shape index (κ3) is 3.25. The number of aromatic amines is 1. The van der Waals surface area contributed by atoms with Crippen LogP contribution in [0, 0.1) is 6.92 Å². The number of aryl methyl sites for hydroxylation is 1. The lowest BCUT2D eigenvalue weighted by molar-refractivity contribution is 0.738. The Morgan fingerprint density at radius 1 is 1.25 bits per heavy atom. The molecule has 4 rings (SSSR count). The molecule has 0 saturated carbocycles. The van der Waals surface area contributed by atoms with Gasteiger partial charge in [0.15, 0.2) is 0 Å². The van der Waals surface area contributed by atoms with Crippen molar-refractivity contribution in [2.45, 2.75) is 26.3 Å². The molecular weight excluding hydrogens is 370 g/mol. The van der Waals surface area contributed by atoms with Gasteiger partial charge in [-0.2, -0.15) is 4.98 Å². The van der Waals surface area contributed by atoms with Crippen LogP contribution in [-0.4, -0.2) is 21.0 Å². The van der Waals surface area contributed by atoms with Crippen molar-refractivity contribution >= 4 is 40.3 Å². The number of nitrogens with two attached hydrogens (primary N) is 1. The summed E-state index contributed by atoms with van der Waals surface area (Å²) in [5.74, 6) is 0.543. The van der Waals surface area contributed by atoms with Gasteiger partial charge in [0.1, 0.15) is 16.4 Å². The van der Waals surface area contributed by atoms with Gasteiger partial charge in [-0.3, -0.25) is 9.78 Å². The van der Waals surface area contributed by atoms with Gasteiger partial charge in [0.05, 0.1) is 0 Å². The van der Waals surface area contributed by atoms with Crippen LogP contribution >= 0.6 is 12.2 Å². The fourth-order valence-electron chi connectivity index (χ4n) is 3.53. The van der Waals surface area contributed by atoms with Gasteiger partial charge >= 0.3 is 0 Å². The summed E-state index contributed by atoms with van der Waals surface area (Å²) >= 11 is 5.41. The van der Waals surface area contributed by atoms with Gasteiger partial charge in [0.2, 0.25) is 5.95 Å². The Hall–Kier alpha value is -3.19. The van der Waals surface area contributed by atoms with Crippen LogP contribution in [0.1, 0.15) is 23.6 Å². The lowest BCUT2D eigenvalue weighted by Gasteiger charge is -2.23. The summed E-state index contributed by atoms with van der Waals surface area (Å²) in [4.78, 5) is 22.4. The van der Waals surface area contributed by atoms with Gasteiger partial charge in [0.25, 0.3) is 5.56 Å². The van der Waals surface area contributed by atoms with E-state index in [2.05, 4.69) is 28.3 Å². The molecular formula is C21H21N5OS. The molecule has 142 valence electrons. The second kappa shape index (κ2) is 7.09. The minimum absolute atomic E-state index is 0.111. The lowest BCUT2D eigenvalue weighted by Crippen LogP contribution is -2.31. The monoisotopic (exact) mass is 391 g/mol. The van der Waals surface area contributed by atoms with Crippen molar-refractivity contribution in [1.82, 2.24) is 9.97 Å². The van der Waals surface area contributed by atoms with Crippen LogP contribution < -0.4 is 21.5 Å². The standard InChI is InChI=1S/C21H21N5OS/c1-12-7-9-15(10-8-12)23-20(28)17-18(22)24-21(25-19(17)27)26-13(2)11-14-5-3-4-6-16(14)26/h3-10,13H,11H2,1-2H3,(H,23,28)(H3,22,24,25,27)/t13-/m1/s1. The van der Waals surface area contributed by atoms with E-state index in [4.69, 9.17) is 18.0 Å². The molecule has 0 fully saturated rings. The summed E-state index contributed by atoms with van der Waals surface area (Å²) in [6, 6.07) is 16.0. The maximum absolute atomic E-state index is 12.8. The first-order valence-corrected chi connectivity index (χ1v) is 9.50. The van der Waals surface area contributed by atoms with Gasteiger partial charge < -0.3 is 16.0 Å². The van der Waals surface area contributed by atoms with Crippen LogP contribution in [-0.2, 0) is 6.42 Å². The van der Waals surface area contributed by atoms with Gasteiger partial charge in [-0.1, -0.05) is 48.1 Å². The molecule has 0 amide bonds. The fourth-order valence-corrected chi connectivity index (χ4v) is 3.85. The Balaban J connectivity index is 1.67. The number of anilines is 4. The molecule has 1 aliphatic rings. The fraction of sp³-hybridized carbons (Fsp3) is 0.190. The Morgan fingerprint density at radius 2 is 1.96 bits per heavy atom. The number of nitrogen functional groups attached to an aromatic ring is 1. The maximum Gasteiger partial charge on any atom is 0.264 e. The molecule has 2 aromatic carbocycles. The zero-order chi connectivity index (χ0) is 19.8. The van der Waals surface area contributed by atoms with E-state index in [0.717, 1.165) is 23.4 Å². The van der Waals surface area contributed by atoms with Gasteiger partial charge in [-0.15, -0.1) is 0 Å². The number of hydrogen-bond donors (Lipinski definition) is 3. The first-order chi connectivity index (χ1) is 13.4. The average molecular weight is 392 g/mol. The highest BCUT2D eigenvalue weighted by Crippen LogP contribution is 2.36. The van der Waals surface area contributed by atoms with Gasteiger partial charge in [0, 0.05) is 17.4 Å². The van der Waals surface area contributed by atoms with Crippen molar-refractivity contribution in [3.8, 4) is 0 Å². The van der Waals surface area contributed by atoms with E-state index in [9.17, 15) is 4.79 Å². The maximum atomic E-state index is 12.8. The van der Waals surface area contributed by atoms with Crippen LogP contribution in [0.5, 0.6) is 0 Å². The Bertz CT molecular complexity index is 1110. The molecule has 1 aliphatic heterocycles. The summed E-state index contributed by atoms with van der Waals surface area (Å²) < 4.78 is 0. The van der Waals surface area contributed by atoms with E-state index < -0.39 is 0 Å². The molecule has 7 heteroatoms. The molecule has 6 nitrogen and oxygen atoms in total. The number of hydrogen-bond acceptors (Lipinski definition) is 5. The van der Waals surface area contributed by atoms with E-state index in [0.29, 0.717) is 5.95 Å². The minimum atomic E-state index is -0.358.